The van der Waals surface area contributed by atoms with Gasteiger partial charge in [-0.2, -0.15) is 0 Å². The third-order valence-corrected chi connectivity index (χ3v) is 6.15. The average Bonchev–Trinajstić information content (AvgIpc) is 2.78. The van der Waals surface area contributed by atoms with Gasteiger partial charge in [0.15, 0.2) is 0 Å². The molecule has 0 unspecified atom stereocenters. The number of para-hydroxylation sites is 1. The van der Waals surface area contributed by atoms with Gasteiger partial charge in [-0.25, -0.2) is 4.98 Å². The lowest BCUT2D eigenvalue weighted by molar-refractivity contribution is -0.132. The lowest BCUT2D eigenvalue weighted by Gasteiger charge is -2.35. The summed E-state index contributed by atoms with van der Waals surface area (Å²) in [5.41, 5.74) is 1.93. The number of carbonyl (C=O) groups is 1. The number of amides is 1. The summed E-state index contributed by atoms with van der Waals surface area (Å²) in [5.74, 6) is 1.29. The molecule has 3 aromatic rings. The van der Waals surface area contributed by atoms with Crippen molar-refractivity contribution in [1.82, 2.24) is 14.9 Å². The van der Waals surface area contributed by atoms with E-state index in [4.69, 9.17) is 0 Å². The maximum absolute atomic E-state index is 12.7. The number of H-pyrrole nitrogens is 1. The van der Waals surface area contributed by atoms with E-state index in [0.29, 0.717) is 41.5 Å². The second-order valence-electron chi connectivity index (χ2n) is 7.95. The fourth-order valence-corrected chi connectivity index (χ4v) is 4.38. The van der Waals surface area contributed by atoms with Gasteiger partial charge < -0.3 is 9.88 Å². The molecule has 29 heavy (non-hydrogen) atoms. The second kappa shape index (κ2) is 8.60. The van der Waals surface area contributed by atoms with Crippen molar-refractivity contribution < 1.29 is 4.79 Å². The summed E-state index contributed by atoms with van der Waals surface area (Å²) in [6.07, 6.45) is 5.11. The van der Waals surface area contributed by atoms with Gasteiger partial charge in [0.25, 0.3) is 5.56 Å². The highest BCUT2D eigenvalue weighted by atomic mass is 16.2. The molecule has 0 bridgehead atoms. The molecule has 0 aliphatic heterocycles. The van der Waals surface area contributed by atoms with Crippen LogP contribution < -0.4 is 5.56 Å². The van der Waals surface area contributed by atoms with Crippen LogP contribution in [0.25, 0.3) is 10.9 Å². The number of nitrogens with one attached hydrogen (secondary N) is 1. The molecule has 1 N–H and O–H groups in total. The Hall–Kier alpha value is -2.95. The van der Waals surface area contributed by atoms with Crippen LogP contribution in [0.4, 0.5) is 0 Å². The van der Waals surface area contributed by atoms with E-state index in [-0.39, 0.29) is 11.5 Å². The van der Waals surface area contributed by atoms with Gasteiger partial charge in [0.2, 0.25) is 5.91 Å². The molecule has 1 aromatic heterocycles. The lowest BCUT2D eigenvalue weighted by atomic mass is 9.81. The number of carbonyl (C=O) groups excluding carboxylic acids is 1. The minimum Gasteiger partial charge on any atom is -0.343 e. The van der Waals surface area contributed by atoms with Gasteiger partial charge in [0.1, 0.15) is 5.82 Å². The zero-order chi connectivity index (χ0) is 20.2. The van der Waals surface area contributed by atoms with Crippen LogP contribution in [-0.4, -0.2) is 33.9 Å². The Morgan fingerprint density at radius 3 is 2.48 bits per heavy atom. The molecule has 5 nitrogen and oxygen atoms in total. The predicted octanol–water partition coefficient (Wildman–Crippen LogP) is 4.04. The van der Waals surface area contributed by atoms with Crippen molar-refractivity contribution in [3.05, 3.63) is 76.3 Å². The highest BCUT2D eigenvalue weighted by Crippen LogP contribution is 2.34. The molecule has 1 amide bonds. The Labute approximate surface area is 170 Å². The number of hydrogen-bond donors (Lipinski definition) is 1. The lowest BCUT2D eigenvalue weighted by Crippen LogP contribution is -2.39. The van der Waals surface area contributed by atoms with Crippen molar-refractivity contribution >= 4 is 16.8 Å². The molecule has 5 heteroatoms. The third-order valence-electron chi connectivity index (χ3n) is 6.15. The normalized spacial score (nSPS) is 19.2. The molecule has 1 aliphatic rings. The van der Waals surface area contributed by atoms with Crippen LogP contribution in [0.1, 0.15) is 49.4 Å². The molecule has 2 aromatic carbocycles. The molecular weight excluding hydrogens is 362 g/mol. The summed E-state index contributed by atoms with van der Waals surface area (Å²) in [7, 11) is 1.91. The molecule has 0 spiro atoms. The molecule has 0 radical (unpaired) electrons. The minimum absolute atomic E-state index is 0.115. The fourth-order valence-electron chi connectivity index (χ4n) is 4.38. The SMILES string of the molecule is CN(C(=O)CCc1nc2ccccc2c(=O)[nH]1)C1CCC(c2ccccc2)CC1. The van der Waals surface area contributed by atoms with Crippen LogP contribution in [0.2, 0.25) is 0 Å². The van der Waals surface area contributed by atoms with Crippen LogP contribution >= 0.6 is 0 Å². The molecule has 1 aliphatic carbocycles. The highest BCUT2D eigenvalue weighted by molar-refractivity contribution is 5.78. The number of benzene rings is 2. The molecule has 0 saturated heterocycles. The predicted molar refractivity (Wildman–Crippen MR) is 115 cm³/mol. The van der Waals surface area contributed by atoms with E-state index in [2.05, 4.69) is 40.3 Å². The first-order valence-corrected chi connectivity index (χ1v) is 10.4. The quantitative estimate of drug-likeness (QED) is 0.716. The van der Waals surface area contributed by atoms with Gasteiger partial charge in [-0.05, 0) is 49.3 Å². The minimum atomic E-state index is -0.148. The molecule has 1 heterocycles. The van der Waals surface area contributed by atoms with Gasteiger partial charge >= 0.3 is 0 Å². The first-order valence-electron chi connectivity index (χ1n) is 10.4. The maximum atomic E-state index is 12.7. The van der Waals surface area contributed by atoms with E-state index < -0.39 is 0 Å². The molecule has 0 atom stereocenters. The Kier molecular flexibility index (Phi) is 5.74. The summed E-state index contributed by atoms with van der Waals surface area (Å²) in [5, 5.41) is 0.579. The first-order chi connectivity index (χ1) is 14.1. The number of aromatic nitrogens is 2. The van der Waals surface area contributed by atoms with E-state index in [0.717, 1.165) is 25.7 Å². The molecule has 1 fully saturated rings. The van der Waals surface area contributed by atoms with E-state index in [1.165, 1.54) is 5.56 Å². The number of rotatable bonds is 5. The van der Waals surface area contributed by atoms with Crippen LogP contribution in [0.5, 0.6) is 0 Å². The van der Waals surface area contributed by atoms with Crippen LogP contribution in [0.3, 0.4) is 0 Å². The van der Waals surface area contributed by atoms with Gasteiger partial charge in [-0.1, -0.05) is 42.5 Å². The zero-order valence-corrected chi connectivity index (χ0v) is 16.8. The van der Waals surface area contributed by atoms with Crippen molar-refractivity contribution in [3.8, 4) is 0 Å². The first kappa shape index (κ1) is 19.4. The van der Waals surface area contributed by atoms with Crippen LogP contribution in [0.15, 0.2) is 59.4 Å². The Bertz CT molecular complexity index is 1040. The number of nitrogens with zero attached hydrogens (tertiary/aromatic N) is 2. The summed E-state index contributed by atoms with van der Waals surface area (Å²) in [6, 6.07) is 18.2. The van der Waals surface area contributed by atoms with Crippen molar-refractivity contribution in [2.24, 2.45) is 0 Å². The van der Waals surface area contributed by atoms with Crippen molar-refractivity contribution in [3.63, 3.8) is 0 Å². The van der Waals surface area contributed by atoms with E-state index in [9.17, 15) is 9.59 Å². The van der Waals surface area contributed by atoms with Gasteiger partial charge in [0.05, 0.1) is 10.9 Å². The highest BCUT2D eigenvalue weighted by Gasteiger charge is 2.27. The van der Waals surface area contributed by atoms with Crippen molar-refractivity contribution in [2.75, 3.05) is 7.05 Å². The number of hydrogen-bond acceptors (Lipinski definition) is 3. The summed E-state index contributed by atoms with van der Waals surface area (Å²) in [4.78, 5) is 34.1. The zero-order valence-electron chi connectivity index (χ0n) is 16.8. The Balaban J connectivity index is 1.33. The topological polar surface area (TPSA) is 66.1 Å². The third kappa shape index (κ3) is 4.39. The maximum Gasteiger partial charge on any atom is 0.258 e. The number of fused-ring (bicyclic) bond motifs is 1. The van der Waals surface area contributed by atoms with Gasteiger partial charge in [-0.15, -0.1) is 0 Å². The smallest absolute Gasteiger partial charge is 0.258 e. The van der Waals surface area contributed by atoms with Crippen molar-refractivity contribution in [2.45, 2.75) is 50.5 Å². The number of aromatic amines is 1. The summed E-state index contributed by atoms with van der Waals surface area (Å²) >= 11 is 0. The Morgan fingerprint density at radius 2 is 1.72 bits per heavy atom. The number of aryl methyl sites for hydroxylation is 1. The fraction of sp³-hybridized carbons (Fsp3) is 0.375. The van der Waals surface area contributed by atoms with E-state index in [1.54, 1.807) is 6.07 Å². The van der Waals surface area contributed by atoms with Crippen LogP contribution in [0, 0.1) is 0 Å². The van der Waals surface area contributed by atoms with Gasteiger partial charge in [-0.3, -0.25) is 9.59 Å². The van der Waals surface area contributed by atoms with Gasteiger partial charge in [0, 0.05) is 25.9 Å². The van der Waals surface area contributed by atoms with E-state index >= 15 is 0 Å². The van der Waals surface area contributed by atoms with Crippen LogP contribution in [-0.2, 0) is 11.2 Å². The molecular formula is C24H27N3O2. The Morgan fingerprint density at radius 1 is 1.03 bits per heavy atom. The summed E-state index contributed by atoms with van der Waals surface area (Å²) < 4.78 is 0. The van der Waals surface area contributed by atoms with E-state index in [1.807, 2.05) is 30.1 Å². The standard InChI is InChI=1S/C24H27N3O2/c1-27(19-13-11-18(12-14-19)17-7-3-2-4-8-17)23(28)16-15-22-25-21-10-6-5-9-20(21)24(29)26-22/h2-10,18-19H,11-16H2,1H3,(H,25,26,29). The second-order valence-corrected chi connectivity index (χ2v) is 7.95. The van der Waals surface area contributed by atoms with Crippen molar-refractivity contribution in [1.29, 1.82) is 0 Å². The summed E-state index contributed by atoms with van der Waals surface area (Å²) in [6.45, 7) is 0. The monoisotopic (exact) mass is 389 g/mol. The molecule has 1 saturated carbocycles. The molecule has 150 valence electrons. The molecule has 4 rings (SSSR count). The average molecular weight is 389 g/mol. The largest absolute Gasteiger partial charge is 0.343 e.